The van der Waals surface area contributed by atoms with Crippen molar-refractivity contribution in [3.05, 3.63) is 41.2 Å². The summed E-state index contributed by atoms with van der Waals surface area (Å²) in [5, 5.41) is 12.8. The summed E-state index contributed by atoms with van der Waals surface area (Å²) in [5.74, 6) is -2.78. The number of nitrogens with one attached hydrogen (secondary N) is 2. The second-order valence-electron chi connectivity index (χ2n) is 9.37. The molecule has 0 aliphatic carbocycles. The number of imide groups is 2. The molecule has 0 radical (unpaired) electrons. The molecule has 1 aromatic carbocycles. The van der Waals surface area contributed by atoms with Crippen molar-refractivity contribution in [2.75, 3.05) is 36.5 Å². The summed E-state index contributed by atoms with van der Waals surface area (Å²) in [6.07, 6.45) is 2.20. The van der Waals surface area contributed by atoms with E-state index in [-0.39, 0.29) is 47.7 Å². The van der Waals surface area contributed by atoms with Gasteiger partial charge in [-0.3, -0.25) is 34.2 Å². The van der Waals surface area contributed by atoms with Crippen molar-refractivity contribution in [2.45, 2.75) is 31.8 Å². The Kier molecular flexibility index (Phi) is 6.79. The Labute approximate surface area is 217 Å². The number of nitrogens with zero attached hydrogens (tertiary/aromatic N) is 5. The van der Waals surface area contributed by atoms with Crippen LogP contribution in [0.15, 0.2) is 24.4 Å². The Bertz CT molecular complexity index is 1440. The van der Waals surface area contributed by atoms with Crippen molar-refractivity contribution in [1.82, 2.24) is 30.1 Å². The van der Waals surface area contributed by atoms with E-state index >= 15 is 0 Å². The summed E-state index contributed by atoms with van der Waals surface area (Å²) in [5.41, 5.74) is 0.818. The number of aromatic nitrogens is 3. The molecule has 0 spiro atoms. The van der Waals surface area contributed by atoms with Crippen LogP contribution >= 0.6 is 0 Å². The van der Waals surface area contributed by atoms with Crippen molar-refractivity contribution in [3.8, 4) is 0 Å². The molecule has 2 fully saturated rings. The number of anilines is 1. The van der Waals surface area contributed by atoms with Gasteiger partial charge in [0, 0.05) is 38.7 Å². The van der Waals surface area contributed by atoms with E-state index in [1.54, 1.807) is 6.20 Å². The summed E-state index contributed by atoms with van der Waals surface area (Å²) in [4.78, 5) is 65.5. The molecule has 2 saturated heterocycles. The van der Waals surface area contributed by atoms with Crippen LogP contribution in [0.25, 0.3) is 0 Å². The second-order valence-corrected chi connectivity index (χ2v) is 11.7. The number of rotatable bonds is 7. The van der Waals surface area contributed by atoms with E-state index in [4.69, 9.17) is 0 Å². The Morgan fingerprint density at radius 2 is 1.87 bits per heavy atom. The highest BCUT2D eigenvalue weighted by Crippen LogP contribution is 2.32. The van der Waals surface area contributed by atoms with Crippen LogP contribution in [0.2, 0.25) is 0 Å². The predicted octanol–water partition coefficient (Wildman–Crippen LogP) is -1.41. The monoisotopic (exact) mass is 543 g/mol. The van der Waals surface area contributed by atoms with Gasteiger partial charge in [-0.1, -0.05) is 11.3 Å². The number of hydrogen-bond donors (Lipinski definition) is 2. The Morgan fingerprint density at radius 1 is 1.11 bits per heavy atom. The highest BCUT2D eigenvalue weighted by molar-refractivity contribution is 7.91. The number of carbonyl (C=O) groups excluding carboxylic acids is 5. The first-order chi connectivity index (χ1) is 18.1. The van der Waals surface area contributed by atoms with Crippen molar-refractivity contribution >= 4 is 45.1 Å². The SMILES string of the molecule is O=C1CCC(N2C(=O)c3cccc(NC(=O)Cn4cc(CCN5CCS(=O)(=O)CC5)nn4)c3C2=O)C(=O)N1. The molecule has 5 amide bonds. The van der Waals surface area contributed by atoms with Gasteiger partial charge in [-0.05, 0) is 18.6 Å². The van der Waals surface area contributed by atoms with E-state index in [2.05, 4.69) is 20.9 Å². The minimum atomic E-state index is -2.95. The van der Waals surface area contributed by atoms with Crippen molar-refractivity contribution in [1.29, 1.82) is 0 Å². The first kappa shape index (κ1) is 25.7. The Balaban J connectivity index is 1.21. The summed E-state index contributed by atoms with van der Waals surface area (Å²) < 4.78 is 24.5. The van der Waals surface area contributed by atoms with E-state index in [1.807, 2.05) is 4.90 Å². The van der Waals surface area contributed by atoms with Gasteiger partial charge in [0.2, 0.25) is 17.7 Å². The van der Waals surface area contributed by atoms with Crippen LogP contribution in [-0.2, 0) is 37.2 Å². The van der Waals surface area contributed by atoms with E-state index in [1.165, 1.54) is 22.9 Å². The maximum atomic E-state index is 13.2. The van der Waals surface area contributed by atoms with Crippen LogP contribution in [0.5, 0.6) is 0 Å². The number of fused-ring (bicyclic) bond motifs is 1. The first-order valence-corrected chi connectivity index (χ1v) is 13.9. The minimum absolute atomic E-state index is 0.00718. The molecule has 2 N–H and O–H groups in total. The molecule has 2 aromatic rings. The van der Waals surface area contributed by atoms with E-state index in [0.29, 0.717) is 31.7 Å². The fourth-order valence-electron chi connectivity index (χ4n) is 4.73. The van der Waals surface area contributed by atoms with Gasteiger partial charge in [-0.25, -0.2) is 13.1 Å². The molecular formula is C23H25N7O7S. The van der Waals surface area contributed by atoms with Crippen molar-refractivity contribution < 1.29 is 32.4 Å². The molecular weight excluding hydrogens is 518 g/mol. The average molecular weight is 544 g/mol. The van der Waals surface area contributed by atoms with Crippen LogP contribution in [0.1, 0.15) is 39.3 Å². The van der Waals surface area contributed by atoms with Crippen LogP contribution in [-0.4, -0.2) is 99.9 Å². The third-order valence-electron chi connectivity index (χ3n) is 6.76. The van der Waals surface area contributed by atoms with Crippen LogP contribution in [0, 0.1) is 0 Å². The zero-order valence-corrected chi connectivity index (χ0v) is 21.1. The second kappa shape index (κ2) is 10.1. The normalized spacial score (nSPS) is 21.4. The van der Waals surface area contributed by atoms with Gasteiger partial charge in [-0.2, -0.15) is 0 Å². The van der Waals surface area contributed by atoms with E-state index < -0.39 is 45.4 Å². The number of sulfone groups is 1. The molecule has 1 unspecified atom stereocenters. The lowest BCUT2D eigenvalue weighted by molar-refractivity contribution is -0.136. The fourth-order valence-corrected chi connectivity index (χ4v) is 6.01. The lowest BCUT2D eigenvalue weighted by Gasteiger charge is -2.27. The number of amides is 5. The largest absolute Gasteiger partial charge is 0.324 e. The van der Waals surface area contributed by atoms with Gasteiger partial charge in [0.25, 0.3) is 11.8 Å². The molecule has 200 valence electrons. The quantitative estimate of drug-likeness (QED) is 0.394. The van der Waals surface area contributed by atoms with Gasteiger partial charge >= 0.3 is 0 Å². The lowest BCUT2D eigenvalue weighted by atomic mass is 10.0. The van der Waals surface area contributed by atoms with Gasteiger partial charge in [0.1, 0.15) is 12.6 Å². The zero-order valence-electron chi connectivity index (χ0n) is 20.3. The highest BCUT2D eigenvalue weighted by atomic mass is 32.2. The standard InChI is InChI=1S/C23H25N7O7S/c31-18-5-4-17(21(33)25-18)30-22(34)15-2-1-3-16(20(15)23(30)35)24-19(32)13-29-12-14(26-27-29)6-7-28-8-10-38(36,37)11-9-28/h1-3,12,17H,4-11,13H2,(H,24,32)(H,25,31,33). The topological polar surface area (TPSA) is 181 Å². The number of piperidine rings is 1. The predicted molar refractivity (Wildman–Crippen MR) is 131 cm³/mol. The molecule has 1 aromatic heterocycles. The van der Waals surface area contributed by atoms with Crippen molar-refractivity contribution in [3.63, 3.8) is 0 Å². The Morgan fingerprint density at radius 3 is 2.61 bits per heavy atom. The summed E-state index contributed by atoms with van der Waals surface area (Å²) in [7, 11) is -2.95. The molecule has 38 heavy (non-hydrogen) atoms. The van der Waals surface area contributed by atoms with Gasteiger partial charge in [-0.15, -0.1) is 5.10 Å². The molecule has 15 heteroatoms. The Hall–Kier alpha value is -3.98. The minimum Gasteiger partial charge on any atom is -0.324 e. The molecule has 3 aliphatic heterocycles. The summed E-state index contributed by atoms with van der Waals surface area (Å²) in [6, 6.07) is 3.35. The molecule has 0 bridgehead atoms. The third-order valence-corrected chi connectivity index (χ3v) is 8.36. The van der Waals surface area contributed by atoms with Crippen LogP contribution in [0.4, 0.5) is 5.69 Å². The molecule has 1 atom stereocenters. The summed E-state index contributed by atoms with van der Waals surface area (Å²) >= 11 is 0. The maximum absolute atomic E-state index is 13.2. The fraction of sp³-hybridized carbons (Fsp3) is 0.435. The smallest absolute Gasteiger partial charge is 0.264 e. The van der Waals surface area contributed by atoms with Gasteiger partial charge in [0.15, 0.2) is 9.84 Å². The van der Waals surface area contributed by atoms with Crippen molar-refractivity contribution in [2.24, 2.45) is 0 Å². The molecule has 0 saturated carbocycles. The lowest BCUT2D eigenvalue weighted by Crippen LogP contribution is -2.54. The third kappa shape index (κ3) is 5.19. The van der Waals surface area contributed by atoms with E-state index in [0.717, 1.165) is 4.90 Å². The van der Waals surface area contributed by atoms with Crippen LogP contribution < -0.4 is 10.6 Å². The highest BCUT2D eigenvalue weighted by Gasteiger charge is 2.45. The number of carbonyl (C=O) groups is 5. The maximum Gasteiger partial charge on any atom is 0.264 e. The van der Waals surface area contributed by atoms with Gasteiger partial charge < -0.3 is 10.2 Å². The van der Waals surface area contributed by atoms with Crippen LogP contribution in [0.3, 0.4) is 0 Å². The van der Waals surface area contributed by atoms with Gasteiger partial charge in [0.05, 0.1) is 34.0 Å². The molecule has 14 nitrogen and oxygen atoms in total. The molecule has 4 heterocycles. The van der Waals surface area contributed by atoms with E-state index in [9.17, 15) is 32.4 Å². The summed E-state index contributed by atoms with van der Waals surface area (Å²) in [6.45, 7) is 1.37. The number of hydrogen-bond acceptors (Lipinski definition) is 10. The molecule has 5 rings (SSSR count). The molecule has 3 aliphatic rings. The number of benzene rings is 1. The average Bonchev–Trinajstić information content (AvgIpc) is 3.41. The zero-order chi connectivity index (χ0) is 27.0. The first-order valence-electron chi connectivity index (χ1n) is 12.1.